The number of anilines is 2. The van der Waals surface area contributed by atoms with Crippen molar-refractivity contribution < 1.29 is 19.4 Å². The van der Waals surface area contributed by atoms with Gasteiger partial charge in [0.1, 0.15) is 6.73 Å². The van der Waals surface area contributed by atoms with Gasteiger partial charge in [0.25, 0.3) is 0 Å². The number of benzene rings is 1. The van der Waals surface area contributed by atoms with E-state index in [-0.39, 0.29) is 18.4 Å². The maximum Gasteiger partial charge on any atom is 0.337 e. The van der Waals surface area contributed by atoms with Gasteiger partial charge in [0.05, 0.1) is 47.0 Å². The second-order valence-electron chi connectivity index (χ2n) is 7.90. The number of ether oxygens (including phenoxy) is 2. The molecule has 4 rings (SSSR count). The molecule has 10 heteroatoms. The number of nitrogens with zero attached hydrogens (tertiary/aromatic N) is 4. The lowest BCUT2D eigenvalue weighted by Crippen LogP contribution is -2.36. The van der Waals surface area contributed by atoms with Crippen LogP contribution in [0.1, 0.15) is 29.1 Å². The molecule has 9 nitrogen and oxygen atoms in total. The molecule has 3 aromatic rings. The molecule has 2 aromatic heterocycles. The summed E-state index contributed by atoms with van der Waals surface area (Å²) < 4.78 is 11.2. The Hall–Kier alpha value is -3.53. The van der Waals surface area contributed by atoms with Gasteiger partial charge < -0.3 is 24.8 Å². The molecule has 1 fully saturated rings. The predicted octanol–water partition coefficient (Wildman–Crippen LogP) is 4.81. The third-order valence-electron chi connectivity index (χ3n) is 5.67. The summed E-state index contributed by atoms with van der Waals surface area (Å²) in [4.78, 5) is 26.1. The molecule has 1 aromatic carbocycles. The highest BCUT2D eigenvalue weighted by atomic mass is 35.5. The van der Waals surface area contributed by atoms with Crippen LogP contribution in [-0.2, 0) is 9.47 Å². The Kier molecular flexibility index (Phi) is 7.91. The maximum atomic E-state index is 11.0. The number of hydrogen-bond donors (Lipinski definition) is 2. The minimum Gasteiger partial charge on any atom is -0.478 e. The molecule has 0 spiro atoms. The highest BCUT2D eigenvalue weighted by Gasteiger charge is 2.15. The Morgan fingerprint density at radius 3 is 2.66 bits per heavy atom. The topological polar surface area (TPSA) is 109 Å². The first-order valence-electron chi connectivity index (χ1n) is 11.1. The van der Waals surface area contributed by atoms with Gasteiger partial charge in [-0.25, -0.2) is 14.8 Å². The summed E-state index contributed by atoms with van der Waals surface area (Å²) in [6, 6.07) is 13.0. The Bertz CT molecular complexity index is 1180. The van der Waals surface area contributed by atoms with Gasteiger partial charge in [-0.3, -0.25) is 4.98 Å². The Morgan fingerprint density at radius 1 is 1.29 bits per heavy atom. The van der Waals surface area contributed by atoms with Crippen molar-refractivity contribution >= 4 is 41.5 Å². The van der Waals surface area contributed by atoms with Crippen molar-refractivity contribution in [2.24, 2.45) is 4.99 Å². The van der Waals surface area contributed by atoms with Gasteiger partial charge in [0.2, 0.25) is 0 Å². The standard InChI is InChI=1S/C25H26ClN5O4/c1-16(21-8-5-18(14-28-21)25(32)33)35-15-29-22-13-20(26)23(30-24(22)27-2)17-3-6-19(7-4-17)31-9-11-34-12-10-31/h3-8,13-14,16,29H,2,9-12,15H2,1H3,(H,32,33). The molecular weight excluding hydrogens is 470 g/mol. The molecule has 0 aliphatic carbocycles. The molecule has 1 atom stereocenters. The van der Waals surface area contributed by atoms with Crippen molar-refractivity contribution in [1.29, 1.82) is 0 Å². The zero-order chi connectivity index (χ0) is 24.8. The SMILES string of the molecule is C=Nc1nc(-c2ccc(N3CCOCC3)cc2)c(Cl)cc1NCOC(C)c1ccc(C(=O)O)cn1. The number of morpholine rings is 1. The fraction of sp³-hybridized carbons (Fsp3) is 0.280. The number of carbonyl (C=O) groups is 1. The summed E-state index contributed by atoms with van der Waals surface area (Å²) in [7, 11) is 0. The molecule has 2 N–H and O–H groups in total. The summed E-state index contributed by atoms with van der Waals surface area (Å²) in [5.74, 6) is -0.619. The molecule has 1 unspecified atom stereocenters. The van der Waals surface area contributed by atoms with E-state index in [1.54, 1.807) is 12.1 Å². The Labute approximate surface area is 208 Å². The second-order valence-corrected chi connectivity index (χ2v) is 8.31. The zero-order valence-corrected chi connectivity index (χ0v) is 20.0. The number of hydrogen-bond acceptors (Lipinski definition) is 8. The number of carboxylic acids is 1. The minimum absolute atomic E-state index is 0.123. The lowest BCUT2D eigenvalue weighted by molar-refractivity contribution is 0.0692. The van der Waals surface area contributed by atoms with Crippen LogP contribution in [0.4, 0.5) is 17.2 Å². The highest BCUT2D eigenvalue weighted by Crippen LogP contribution is 2.34. The second kappa shape index (κ2) is 11.3. The first-order valence-corrected chi connectivity index (χ1v) is 11.5. The number of carboxylic acid groups (broad SMARTS) is 1. The van der Waals surface area contributed by atoms with Gasteiger partial charge in [-0.1, -0.05) is 23.7 Å². The first-order chi connectivity index (χ1) is 17.0. The monoisotopic (exact) mass is 495 g/mol. The van der Waals surface area contributed by atoms with E-state index in [9.17, 15) is 4.79 Å². The van der Waals surface area contributed by atoms with Crippen molar-refractivity contribution in [3.63, 3.8) is 0 Å². The quantitative estimate of drug-likeness (QED) is 0.321. The number of aromatic nitrogens is 2. The van der Waals surface area contributed by atoms with E-state index in [1.807, 2.05) is 19.1 Å². The molecule has 0 amide bonds. The van der Waals surface area contributed by atoms with Crippen LogP contribution in [0, 0.1) is 0 Å². The van der Waals surface area contributed by atoms with Gasteiger partial charge in [-0.2, -0.15) is 0 Å². The van der Waals surface area contributed by atoms with Crippen molar-refractivity contribution in [3.8, 4) is 11.3 Å². The van der Waals surface area contributed by atoms with Crippen LogP contribution in [0.5, 0.6) is 0 Å². The zero-order valence-electron chi connectivity index (χ0n) is 19.3. The summed E-state index contributed by atoms with van der Waals surface area (Å²) in [5.41, 5.74) is 3.95. The van der Waals surface area contributed by atoms with Gasteiger partial charge in [-0.05, 0) is 44.0 Å². The van der Waals surface area contributed by atoms with E-state index in [0.29, 0.717) is 27.9 Å². The molecule has 1 saturated heterocycles. The fourth-order valence-electron chi connectivity index (χ4n) is 3.69. The lowest BCUT2D eigenvalue weighted by atomic mass is 10.1. The van der Waals surface area contributed by atoms with Crippen molar-refractivity contribution in [1.82, 2.24) is 9.97 Å². The summed E-state index contributed by atoms with van der Waals surface area (Å²) in [6.45, 7) is 8.79. The highest BCUT2D eigenvalue weighted by molar-refractivity contribution is 6.33. The number of halogens is 1. The number of pyridine rings is 2. The van der Waals surface area contributed by atoms with Crippen molar-refractivity contribution in [2.75, 3.05) is 43.3 Å². The van der Waals surface area contributed by atoms with Crippen molar-refractivity contribution in [3.05, 3.63) is 64.9 Å². The number of nitrogens with one attached hydrogen (secondary N) is 1. The van der Waals surface area contributed by atoms with Crippen LogP contribution in [0.25, 0.3) is 11.3 Å². The smallest absolute Gasteiger partial charge is 0.337 e. The van der Waals surface area contributed by atoms with Gasteiger partial charge in [0, 0.05) is 30.5 Å². The average Bonchev–Trinajstić information content (AvgIpc) is 2.89. The first kappa shape index (κ1) is 24.6. The largest absolute Gasteiger partial charge is 0.478 e. The third-order valence-corrected chi connectivity index (χ3v) is 5.96. The average molecular weight is 496 g/mol. The molecular formula is C25H26ClN5O4. The molecule has 3 heterocycles. The fourth-order valence-corrected chi connectivity index (χ4v) is 3.95. The lowest BCUT2D eigenvalue weighted by Gasteiger charge is -2.28. The summed E-state index contributed by atoms with van der Waals surface area (Å²) in [5, 5.41) is 12.6. The molecule has 0 bridgehead atoms. The molecule has 35 heavy (non-hydrogen) atoms. The normalized spacial score (nSPS) is 14.4. The van der Waals surface area contributed by atoms with E-state index in [4.69, 9.17) is 26.2 Å². The van der Waals surface area contributed by atoms with E-state index in [2.05, 4.69) is 44.0 Å². The molecule has 0 saturated carbocycles. The van der Waals surface area contributed by atoms with E-state index < -0.39 is 5.97 Å². The molecule has 182 valence electrons. The Morgan fingerprint density at radius 2 is 2.03 bits per heavy atom. The van der Waals surface area contributed by atoms with E-state index >= 15 is 0 Å². The number of aliphatic imine (C=N–C) groups is 1. The third kappa shape index (κ3) is 5.94. The van der Waals surface area contributed by atoms with Crippen LogP contribution in [0.15, 0.2) is 53.7 Å². The van der Waals surface area contributed by atoms with Crippen LogP contribution in [-0.4, -0.2) is 60.8 Å². The van der Waals surface area contributed by atoms with Crippen molar-refractivity contribution in [2.45, 2.75) is 13.0 Å². The minimum atomic E-state index is -1.02. The van der Waals surface area contributed by atoms with Gasteiger partial charge >= 0.3 is 5.97 Å². The van der Waals surface area contributed by atoms with Crippen LogP contribution in [0.2, 0.25) is 5.02 Å². The summed E-state index contributed by atoms with van der Waals surface area (Å²) in [6.07, 6.45) is 0.943. The van der Waals surface area contributed by atoms with E-state index in [0.717, 1.165) is 37.6 Å². The van der Waals surface area contributed by atoms with E-state index in [1.165, 1.54) is 12.3 Å². The van der Waals surface area contributed by atoms with Crippen LogP contribution < -0.4 is 10.2 Å². The van der Waals surface area contributed by atoms with Gasteiger partial charge in [0.15, 0.2) is 5.82 Å². The number of aromatic carboxylic acids is 1. The number of rotatable bonds is 9. The summed E-state index contributed by atoms with van der Waals surface area (Å²) >= 11 is 6.57. The maximum absolute atomic E-state index is 11.0. The Balaban J connectivity index is 1.42. The molecule has 0 radical (unpaired) electrons. The van der Waals surface area contributed by atoms with Gasteiger partial charge in [-0.15, -0.1) is 0 Å². The van der Waals surface area contributed by atoms with Crippen LogP contribution in [0.3, 0.4) is 0 Å². The predicted molar refractivity (Wildman–Crippen MR) is 136 cm³/mol. The molecule has 1 aliphatic rings. The van der Waals surface area contributed by atoms with Crippen LogP contribution >= 0.6 is 11.6 Å². The molecule has 1 aliphatic heterocycles.